The molecule has 0 spiro atoms. The molecule has 1 fully saturated rings. The summed E-state index contributed by atoms with van der Waals surface area (Å²) in [5.41, 5.74) is 0.396. The van der Waals surface area contributed by atoms with Crippen molar-refractivity contribution in [3.8, 4) is 5.69 Å². The molecule has 3 heterocycles. The largest absolute Gasteiger partial charge is 0.383 e. The molecule has 158 valence electrons. The number of aryl methyl sites for hydroxylation is 1. The normalized spacial score (nSPS) is 17.2. The molecule has 1 aliphatic heterocycles. The van der Waals surface area contributed by atoms with Crippen molar-refractivity contribution in [3.05, 3.63) is 34.4 Å². The number of carbonyl (C=O) groups is 1. The van der Waals surface area contributed by atoms with Crippen molar-refractivity contribution < 1.29 is 9.53 Å². The molecule has 1 aliphatic rings. The average molecular weight is 402 g/mol. The van der Waals surface area contributed by atoms with Crippen LogP contribution in [-0.4, -0.2) is 58.3 Å². The van der Waals surface area contributed by atoms with Crippen LogP contribution in [-0.2, 0) is 11.8 Å². The molecule has 1 atom stereocenters. The fourth-order valence-corrected chi connectivity index (χ4v) is 3.43. The van der Waals surface area contributed by atoms with Crippen LogP contribution in [0.5, 0.6) is 0 Å². The van der Waals surface area contributed by atoms with Gasteiger partial charge in [0, 0.05) is 39.4 Å². The first-order valence-electron chi connectivity index (χ1n) is 9.88. The Bertz CT molecular complexity index is 923. The molecule has 0 aromatic carbocycles. The number of nitrogens with zero attached hydrogens (tertiary/aromatic N) is 5. The summed E-state index contributed by atoms with van der Waals surface area (Å²) in [6.45, 7) is 8.35. The molecule has 29 heavy (non-hydrogen) atoms. The summed E-state index contributed by atoms with van der Waals surface area (Å²) < 4.78 is 7.93. The van der Waals surface area contributed by atoms with Gasteiger partial charge in [0.2, 0.25) is 0 Å². The van der Waals surface area contributed by atoms with Gasteiger partial charge in [-0.2, -0.15) is 9.78 Å². The van der Waals surface area contributed by atoms with Crippen LogP contribution in [0.25, 0.3) is 5.69 Å². The predicted octanol–water partition coefficient (Wildman–Crippen LogP) is 1.36. The Hall–Kier alpha value is -2.68. The number of carbonyl (C=O) groups excluding carboxylic acids is 1. The zero-order chi connectivity index (χ0) is 21.2. The molecule has 0 radical (unpaired) electrons. The zero-order valence-electron chi connectivity index (χ0n) is 17.8. The lowest BCUT2D eigenvalue weighted by atomic mass is 9.83. The standard InChI is InChI=1S/C20H30N6O3/c1-14(13-29-5)22-18(27)16-10-17(25-8-6-20(2,3)7-9-25)23-26(19(16)28)15-11-21-24(4)12-15/h10-12,14H,6-9,13H2,1-5H3,(H,22,27)/t14-/m0/s1. The molecule has 2 aromatic rings. The number of ether oxygens (including phenoxy) is 1. The monoisotopic (exact) mass is 402 g/mol. The van der Waals surface area contributed by atoms with Crippen LogP contribution in [0.4, 0.5) is 5.82 Å². The third-order valence-corrected chi connectivity index (χ3v) is 5.31. The van der Waals surface area contributed by atoms with Gasteiger partial charge in [-0.3, -0.25) is 14.3 Å². The first-order chi connectivity index (χ1) is 13.7. The minimum absolute atomic E-state index is 0.0617. The van der Waals surface area contributed by atoms with Crippen LogP contribution in [0.2, 0.25) is 0 Å². The summed E-state index contributed by atoms with van der Waals surface area (Å²) >= 11 is 0. The van der Waals surface area contributed by atoms with Gasteiger partial charge in [-0.15, -0.1) is 5.10 Å². The molecule has 0 unspecified atom stereocenters. The van der Waals surface area contributed by atoms with Gasteiger partial charge in [0.1, 0.15) is 11.3 Å². The van der Waals surface area contributed by atoms with E-state index in [2.05, 4.69) is 34.3 Å². The summed E-state index contributed by atoms with van der Waals surface area (Å²) in [4.78, 5) is 28.0. The predicted molar refractivity (Wildman–Crippen MR) is 111 cm³/mol. The van der Waals surface area contributed by atoms with Crippen LogP contribution in [0, 0.1) is 5.41 Å². The van der Waals surface area contributed by atoms with Gasteiger partial charge >= 0.3 is 0 Å². The maximum atomic E-state index is 13.1. The smallest absolute Gasteiger partial charge is 0.284 e. The van der Waals surface area contributed by atoms with E-state index in [1.807, 2.05) is 6.92 Å². The van der Waals surface area contributed by atoms with Crippen molar-refractivity contribution >= 4 is 11.7 Å². The van der Waals surface area contributed by atoms with E-state index in [1.165, 1.54) is 4.68 Å². The SMILES string of the molecule is COC[C@H](C)NC(=O)c1cc(N2CCC(C)(C)CC2)nn(-c2cnn(C)c2)c1=O. The van der Waals surface area contributed by atoms with Crippen molar-refractivity contribution in [1.29, 1.82) is 0 Å². The maximum absolute atomic E-state index is 13.1. The summed E-state index contributed by atoms with van der Waals surface area (Å²) in [6.07, 6.45) is 5.31. The molecule has 0 bridgehead atoms. The van der Waals surface area contributed by atoms with Crippen LogP contribution < -0.4 is 15.8 Å². The molecule has 2 aromatic heterocycles. The molecular formula is C20H30N6O3. The van der Waals surface area contributed by atoms with Gasteiger partial charge in [-0.25, -0.2) is 0 Å². The third-order valence-electron chi connectivity index (χ3n) is 5.31. The Labute approximate surface area is 170 Å². The number of methoxy groups -OCH3 is 1. The summed E-state index contributed by atoms with van der Waals surface area (Å²) in [5, 5.41) is 11.5. The van der Waals surface area contributed by atoms with E-state index >= 15 is 0 Å². The van der Waals surface area contributed by atoms with Crippen LogP contribution in [0.1, 0.15) is 44.0 Å². The van der Waals surface area contributed by atoms with E-state index in [9.17, 15) is 9.59 Å². The van der Waals surface area contributed by atoms with Crippen molar-refractivity contribution in [2.45, 2.75) is 39.7 Å². The lowest BCUT2D eigenvalue weighted by molar-refractivity contribution is 0.0903. The van der Waals surface area contributed by atoms with Gasteiger partial charge in [0.05, 0.1) is 19.0 Å². The van der Waals surface area contributed by atoms with Crippen molar-refractivity contribution in [2.24, 2.45) is 12.5 Å². The third kappa shape index (κ3) is 4.84. The molecule has 9 nitrogen and oxygen atoms in total. The molecule has 1 saturated heterocycles. The molecule has 1 amide bonds. The Morgan fingerprint density at radius 2 is 2.03 bits per heavy atom. The minimum atomic E-state index is -0.471. The number of rotatable bonds is 6. The van der Waals surface area contributed by atoms with Gasteiger partial charge in [-0.1, -0.05) is 13.8 Å². The molecule has 3 rings (SSSR count). The second-order valence-corrected chi connectivity index (χ2v) is 8.49. The fourth-order valence-electron chi connectivity index (χ4n) is 3.43. The van der Waals surface area contributed by atoms with E-state index in [-0.39, 0.29) is 17.0 Å². The van der Waals surface area contributed by atoms with Crippen LogP contribution >= 0.6 is 0 Å². The van der Waals surface area contributed by atoms with Gasteiger partial charge in [0.25, 0.3) is 11.5 Å². The second-order valence-electron chi connectivity index (χ2n) is 8.49. The van der Waals surface area contributed by atoms with Gasteiger partial charge in [0.15, 0.2) is 5.82 Å². The number of piperidine rings is 1. The molecule has 1 N–H and O–H groups in total. The van der Waals surface area contributed by atoms with E-state index < -0.39 is 11.5 Å². The fraction of sp³-hybridized carbons (Fsp3) is 0.600. The minimum Gasteiger partial charge on any atom is -0.383 e. The molecular weight excluding hydrogens is 372 g/mol. The van der Waals surface area contributed by atoms with Crippen molar-refractivity contribution in [3.63, 3.8) is 0 Å². The van der Waals surface area contributed by atoms with Crippen molar-refractivity contribution in [1.82, 2.24) is 24.9 Å². The quantitative estimate of drug-likeness (QED) is 0.784. The van der Waals surface area contributed by atoms with E-state index in [0.29, 0.717) is 18.1 Å². The van der Waals surface area contributed by atoms with Gasteiger partial charge < -0.3 is 15.0 Å². The average Bonchev–Trinajstić information content (AvgIpc) is 3.08. The molecule has 9 heteroatoms. The molecule has 0 aliphatic carbocycles. The first-order valence-corrected chi connectivity index (χ1v) is 9.88. The maximum Gasteiger partial charge on any atom is 0.284 e. The highest BCUT2D eigenvalue weighted by Gasteiger charge is 2.28. The van der Waals surface area contributed by atoms with Crippen molar-refractivity contribution in [2.75, 3.05) is 31.7 Å². The van der Waals surface area contributed by atoms with E-state index in [0.717, 1.165) is 25.9 Å². The number of hydrogen-bond acceptors (Lipinski definition) is 6. The first kappa shape index (κ1) is 21.0. The highest BCUT2D eigenvalue weighted by molar-refractivity contribution is 5.94. The Kier molecular flexibility index (Phi) is 6.07. The van der Waals surface area contributed by atoms with E-state index in [4.69, 9.17) is 4.74 Å². The highest BCUT2D eigenvalue weighted by Crippen LogP contribution is 2.31. The van der Waals surface area contributed by atoms with Gasteiger partial charge in [-0.05, 0) is 25.2 Å². The lowest BCUT2D eigenvalue weighted by Crippen LogP contribution is -2.42. The number of nitrogens with one attached hydrogen (secondary N) is 1. The number of amides is 1. The van der Waals surface area contributed by atoms with Crippen LogP contribution in [0.15, 0.2) is 23.3 Å². The Morgan fingerprint density at radius 1 is 1.34 bits per heavy atom. The summed E-state index contributed by atoms with van der Waals surface area (Å²) in [6, 6.07) is 1.38. The number of hydrogen-bond donors (Lipinski definition) is 1. The Balaban J connectivity index is 2.00. The summed E-state index contributed by atoms with van der Waals surface area (Å²) in [5.74, 6) is 0.187. The molecule has 0 saturated carbocycles. The zero-order valence-corrected chi connectivity index (χ0v) is 17.8. The lowest BCUT2D eigenvalue weighted by Gasteiger charge is -2.37. The second kappa shape index (κ2) is 8.36. The van der Waals surface area contributed by atoms with E-state index in [1.54, 1.807) is 37.3 Å². The van der Waals surface area contributed by atoms with Crippen LogP contribution in [0.3, 0.4) is 0 Å². The summed E-state index contributed by atoms with van der Waals surface area (Å²) in [7, 11) is 3.34. The highest BCUT2D eigenvalue weighted by atomic mass is 16.5. The Morgan fingerprint density at radius 3 is 2.62 bits per heavy atom. The topological polar surface area (TPSA) is 94.3 Å². The number of aromatic nitrogens is 4. The number of anilines is 1.